The van der Waals surface area contributed by atoms with Gasteiger partial charge in [0.1, 0.15) is 0 Å². The van der Waals surface area contributed by atoms with Crippen LogP contribution in [-0.2, 0) is 0 Å². The summed E-state index contributed by atoms with van der Waals surface area (Å²) in [4.78, 5) is 0. The maximum atomic E-state index is 12.2. The summed E-state index contributed by atoms with van der Waals surface area (Å²) in [5.41, 5.74) is 0.812. The zero-order valence-corrected chi connectivity index (χ0v) is 9.83. The number of rotatable bonds is 2. The first-order valence-electron chi connectivity index (χ1n) is 6.04. The van der Waals surface area contributed by atoms with Gasteiger partial charge in [-0.25, -0.2) is 0 Å². The van der Waals surface area contributed by atoms with Crippen molar-refractivity contribution in [3.63, 3.8) is 0 Å². The summed E-state index contributed by atoms with van der Waals surface area (Å²) < 4.78 is 40.3. The van der Waals surface area contributed by atoms with Crippen LogP contribution in [-0.4, -0.2) is 11.5 Å². The Morgan fingerprint density at radius 1 is 1.11 bits per heavy atom. The van der Waals surface area contributed by atoms with Gasteiger partial charge in [-0.15, -0.1) is 13.2 Å². The number of hydrogen-bond donors (Lipinski definition) is 1. The molecule has 1 aliphatic rings. The number of phenolic OH excluding ortho intramolecular Hbond substituents is 1. The van der Waals surface area contributed by atoms with Crippen LogP contribution < -0.4 is 4.74 Å². The molecule has 2 rings (SSSR count). The summed E-state index contributed by atoms with van der Waals surface area (Å²) >= 11 is 0. The Morgan fingerprint density at radius 3 is 2.39 bits per heavy atom. The van der Waals surface area contributed by atoms with E-state index in [1.54, 1.807) is 6.07 Å². The van der Waals surface area contributed by atoms with Crippen LogP contribution in [0.25, 0.3) is 0 Å². The predicted octanol–water partition coefficient (Wildman–Crippen LogP) is 4.34. The Morgan fingerprint density at radius 2 is 1.78 bits per heavy atom. The van der Waals surface area contributed by atoms with Crippen LogP contribution in [0.2, 0.25) is 0 Å². The zero-order chi connectivity index (χ0) is 13.2. The lowest BCUT2D eigenvalue weighted by molar-refractivity contribution is -0.275. The van der Waals surface area contributed by atoms with E-state index < -0.39 is 17.9 Å². The monoisotopic (exact) mass is 260 g/mol. The first kappa shape index (κ1) is 13.1. The minimum Gasteiger partial charge on any atom is -0.504 e. The minimum atomic E-state index is -4.78. The maximum absolute atomic E-state index is 12.2. The number of ether oxygens (including phenoxy) is 1. The van der Waals surface area contributed by atoms with Gasteiger partial charge in [-0.3, -0.25) is 0 Å². The van der Waals surface area contributed by atoms with Crippen molar-refractivity contribution >= 4 is 0 Å². The van der Waals surface area contributed by atoms with E-state index in [-0.39, 0.29) is 5.92 Å². The van der Waals surface area contributed by atoms with Crippen molar-refractivity contribution in [3.8, 4) is 11.5 Å². The number of aromatic hydroxyl groups is 1. The van der Waals surface area contributed by atoms with E-state index >= 15 is 0 Å². The summed E-state index contributed by atoms with van der Waals surface area (Å²) in [7, 11) is 0. The fraction of sp³-hybridized carbons (Fsp3) is 0.538. The van der Waals surface area contributed by atoms with Gasteiger partial charge in [-0.2, -0.15) is 0 Å². The Labute approximate surface area is 103 Å². The highest BCUT2D eigenvalue weighted by atomic mass is 19.4. The Balaban J connectivity index is 2.19. The predicted molar refractivity (Wildman–Crippen MR) is 60.6 cm³/mol. The molecule has 5 heteroatoms. The van der Waals surface area contributed by atoms with Crippen LogP contribution in [0.4, 0.5) is 13.2 Å². The molecule has 0 radical (unpaired) electrons. The van der Waals surface area contributed by atoms with Gasteiger partial charge in [0.05, 0.1) is 0 Å². The van der Waals surface area contributed by atoms with Gasteiger partial charge in [-0.05, 0) is 36.5 Å². The maximum Gasteiger partial charge on any atom is 0.573 e. The van der Waals surface area contributed by atoms with Gasteiger partial charge in [0.25, 0.3) is 0 Å². The molecule has 0 saturated heterocycles. The van der Waals surface area contributed by atoms with Crippen LogP contribution in [0, 0.1) is 0 Å². The van der Waals surface area contributed by atoms with Crippen LogP contribution >= 0.6 is 0 Å². The van der Waals surface area contributed by atoms with Crippen LogP contribution in [0.15, 0.2) is 18.2 Å². The van der Waals surface area contributed by atoms with E-state index in [4.69, 9.17) is 0 Å². The van der Waals surface area contributed by atoms with Crippen molar-refractivity contribution in [1.82, 2.24) is 0 Å². The molecule has 0 bridgehead atoms. The van der Waals surface area contributed by atoms with Gasteiger partial charge < -0.3 is 9.84 Å². The molecule has 0 heterocycles. The molecular formula is C13H15F3O2. The van der Waals surface area contributed by atoms with E-state index in [0.29, 0.717) is 0 Å². The van der Waals surface area contributed by atoms with Crippen LogP contribution in [0.5, 0.6) is 11.5 Å². The number of halogens is 3. The standard InChI is InChI=1S/C13H15F3O2/c14-13(15,16)18-12-8-10(6-7-11(12)17)9-4-2-1-3-5-9/h6-9,17H,1-5H2. The smallest absolute Gasteiger partial charge is 0.504 e. The highest BCUT2D eigenvalue weighted by Gasteiger charge is 2.32. The SMILES string of the molecule is Oc1ccc(C2CCCCC2)cc1OC(F)(F)F. The molecule has 100 valence electrons. The van der Waals surface area contributed by atoms with Gasteiger partial charge >= 0.3 is 6.36 Å². The molecule has 1 N–H and O–H groups in total. The van der Waals surface area contributed by atoms with Crippen molar-refractivity contribution < 1.29 is 23.0 Å². The molecule has 18 heavy (non-hydrogen) atoms. The van der Waals surface area contributed by atoms with E-state index in [1.807, 2.05) is 0 Å². The number of benzene rings is 1. The second-order valence-corrected chi connectivity index (χ2v) is 4.61. The third kappa shape index (κ3) is 3.31. The van der Waals surface area contributed by atoms with Gasteiger partial charge in [0.15, 0.2) is 11.5 Å². The van der Waals surface area contributed by atoms with Crippen molar-refractivity contribution in [2.45, 2.75) is 44.4 Å². The van der Waals surface area contributed by atoms with Gasteiger partial charge in [-0.1, -0.05) is 25.3 Å². The molecule has 0 aliphatic heterocycles. The second-order valence-electron chi connectivity index (χ2n) is 4.61. The Bertz CT molecular complexity index is 409. The lowest BCUT2D eigenvalue weighted by Crippen LogP contribution is -2.17. The molecule has 1 fully saturated rings. The van der Waals surface area contributed by atoms with Crippen molar-refractivity contribution in [3.05, 3.63) is 23.8 Å². The van der Waals surface area contributed by atoms with Gasteiger partial charge in [0, 0.05) is 0 Å². The van der Waals surface area contributed by atoms with E-state index in [1.165, 1.54) is 18.6 Å². The fourth-order valence-corrected chi connectivity index (χ4v) is 2.43. The van der Waals surface area contributed by atoms with E-state index in [0.717, 1.165) is 31.2 Å². The first-order valence-corrected chi connectivity index (χ1v) is 6.04. The fourth-order valence-electron chi connectivity index (χ4n) is 2.43. The number of phenols is 1. The summed E-state index contributed by atoms with van der Waals surface area (Å²) in [5.74, 6) is -0.715. The molecule has 0 aromatic heterocycles. The highest BCUT2D eigenvalue weighted by Crippen LogP contribution is 2.38. The average Bonchev–Trinajstić information content (AvgIpc) is 2.31. The minimum absolute atomic E-state index is 0.273. The van der Waals surface area contributed by atoms with Crippen molar-refractivity contribution in [2.75, 3.05) is 0 Å². The average molecular weight is 260 g/mol. The molecule has 1 saturated carbocycles. The molecule has 0 atom stereocenters. The summed E-state index contributed by atoms with van der Waals surface area (Å²) in [6.07, 6.45) is 0.567. The molecule has 0 amide bonds. The van der Waals surface area contributed by atoms with Crippen LogP contribution in [0.3, 0.4) is 0 Å². The first-order chi connectivity index (χ1) is 8.46. The zero-order valence-electron chi connectivity index (χ0n) is 9.83. The molecular weight excluding hydrogens is 245 g/mol. The van der Waals surface area contributed by atoms with Crippen molar-refractivity contribution in [2.24, 2.45) is 0 Å². The summed E-state index contributed by atoms with van der Waals surface area (Å²) in [5, 5.41) is 9.37. The Kier molecular flexibility index (Phi) is 3.68. The number of hydrogen-bond acceptors (Lipinski definition) is 2. The summed E-state index contributed by atoms with van der Waals surface area (Å²) in [6, 6.07) is 4.25. The normalized spacial score (nSPS) is 17.7. The third-order valence-electron chi connectivity index (χ3n) is 3.29. The molecule has 0 unspecified atom stereocenters. The molecule has 1 aromatic rings. The third-order valence-corrected chi connectivity index (χ3v) is 3.29. The number of alkyl halides is 3. The molecule has 1 aliphatic carbocycles. The van der Waals surface area contributed by atoms with Crippen molar-refractivity contribution in [1.29, 1.82) is 0 Å². The molecule has 2 nitrogen and oxygen atoms in total. The summed E-state index contributed by atoms with van der Waals surface area (Å²) in [6.45, 7) is 0. The Hall–Kier alpha value is -1.39. The second kappa shape index (κ2) is 5.08. The van der Waals surface area contributed by atoms with Gasteiger partial charge in [0.2, 0.25) is 0 Å². The van der Waals surface area contributed by atoms with Crippen LogP contribution in [0.1, 0.15) is 43.6 Å². The quantitative estimate of drug-likeness (QED) is 0.857. The molecule has 1 aromatic carbocycles. The highest BCUT2D eigenvalue weighted by molar-refractivity contribution is 5.43. The molecule has 0 spiro atoms. The van der Waals surface area contributed by atoms with E-state index in [2.05, 4.69) is 4.74 Å². The topological polar surface area (TPSA) is 29.5 Å². The largest absolute Gasteiger partial charge is 0.573 e. The van der Waals surface area contributed by atoms with E-state index in [9.17, 15) is 18.3 Å². The lowest BCUT2D eigenvalue weighted by Gasteiger charge is -2.22. The lowest BCUT2D eigenvalue weighted by atomic mass is 9.84.